The van der Waals surface area contributed by atoms with E-state index in [2.05, 4.69) is 5.32 Å². The molecule has 0 aromatic heterocycles. The summed E-state index contributed by atoms with van der Waals surface area (Å²) in [4.78, 5) is 12.0. The van der Waals surface area contributed by atoms with Crippen LogP contribution >= 0.6 is 11.6 Å². The van der Waals surface area contributed by atoms with E-state index < -0.39 is 35.5 Å². The highest BCUT2D eigenvalue weighted by Crippen LogP contribution is 2.20. The monoisotopic (exact) mass is 343 g/mol. The van der Waals surface area contributed by atoms with Crippen LogP contribution in [0.3, 0.4) is 0 Å². The van der Waals surface area contributed by atoms with Gasteiger partial charge in [0.25, 0.3) is 5.91 Å². The van der Waals surface area contributed by atoms with Crippen LogP contribution in [0.1, 0.15) is 28.9 Å². The third kappa shape index (κ3) is 4.03. The van der Waals surface area contributed by atoms with Gasteiger partial charge in [-0.05, 0) is 42.8 Å². The fourth-order valence-electron chi connectivity index (χ4n) is 2.02. The first-order valence-electron chi connectivity index (χ1n) is 6.68. The summed E-state index contributed by atoms with van der Waals surface area (Å²) in [5.41, 5.74) is -0.190. The zero-order valence-electron chi connectivity index (χ0n) is 12.0. The molecule has 2 aromatic carbocycles. The highest BCUT2D eigenvalue weighted by atomic mass is 35.5. The molecule has 0 fully saturated rings. The molecule has 2 aromatic rings. The lowest BCUT2D eigenvalue weighted by molar-refractivity contribution is 0.0847. The second kappa shape index (κ2) is 7.02. The van der Waals surface area contributed by atoms with Gasteiger partial charge in [0.05, 0.1) is 17.7 Å². The molecule has 0 bridgehead atoms. The number of hydrogen-bond acceptors (Lipinski definition) is 2. The molecule has 0 aliphatic rings. The Bertz CT molecular complexity index is 739. The van der Waals surface area contributed by atoms with Gasteiger partial charge in [-0.25, -0.2) is 13.2 Å². The third-order valence-corrected chi connectivity index (χ3v) is 3.53. The zero-order chi connectivity index (χ0) is 17.1. The van der Waals surface area contributed by atoms with E-state index >= 15 is 0 Å². The minimum atomic E-state index is -1.30. The van der Waals surface area contributed by atoms with Crippen molar-refractivity contribution in [2.24, 2.45) is 0 Å². The van der Waals surface area contributed by atoms with E-state index in [1.165, 1.54) is 19.1 Å². The van der Waals surface area contributed by atoms with Gasteiger partial charge in [0, 0.05) is 5.02 Å². The highest BCUT2D eigenvalue weighted by molar-refractivity contribution is 6.31. The quantitative estimate of drug-likeness (QED) is 0.891. The van der Waals surface area contributed by atoms with Gasteiger partial charge in [-0.3, -0.25) is 4.79 Å². The number of aliphatic hydroxyl groups is 1. The van der Waals surface area contributed by atoms with E-state index in [9.17, 15) is 23.1 Å². The third-order valence-electron chi connectivity index (χ3n) is 3.29. The van der Waals surface area contributed by atoms with Crippen molar-refractivity contribution in [1.82, 2.24) is 5.32 Å². The maximum Gasteiger partial charge on any atom is 0.254 e. The van der Waals surface area contributed by atoms with Gasteiger partial charge in [0.1, 0.15) is 5.82 Å². The summed E-state index contributed by atoms with van der Waals surface area (Å²) in [5, 5.41) is 12.7. The lowest BCUT2D eigenvalue weighted by atomic mass is 10.0. The second-order valence-corrected chi connectivity index (χ2v) is 5.44. The molecule has 23 heavy (non-hydrogen) atoms. The first-order valence-corrected chi connectivity index (χ1v) is 7.06. The fourth-order valence-corrected chi connectivity index (χ4v) is 2.19. The van der Waals surface area contributed by atoms with Gasteiger partial charge in [0.2, 0.25) is 0 Å². The average Bonchev–Trinajstić information content (AvgIpc) is 2.51. The standard InChI is InChI=1S/C16H13ClF3NO2/c1-8(15(22)9-2-4-13(19)14(20)6-9)21-16(23)11-7-10(17)3-5-12(11)18/h2-8,15,22H,1H3,(H,21,23). The molecule has 0 saturated heterocycles. The van der Waals surface area contributed by atoms with E-state index in [4.69, 9.17) is 11.6 Å². The van der Waals surface area contributed by atoms with Gasteiger partial charge < -0.3 is 10.4 Å². The van der Waals surface area contributed by atoms with Crippen molar-refractivity contribution >= 4 is 17.5 Å². The largest absolute Gasteiger partial charge is 0.386 e. The molecular formula is C16H13ClF3NO2. The van der Waals surface area contributed by atoms with Crippen molar-refractivity contribution < 1.29 is 23.1 Å². The average molecular weight is 344 g/mol. The van der Waals surface area contributed by atoms with Crippen LogP contribution < -0.4 is 5.32 Å². The van der Waals surface area contributed by atoms with Crippen LogP contribution in [0.15, 0.2) is 36.4 Å². The Hall–Kier alpha value is -2.05. The van der Waals surface area contributed by atoms with Crippen LogP contribution in [0, 0.1) is 17.5 Å². The van der Waals surface area contributed by atoms with Crippen molar-refractivity contribution in [3.8, 4) is 0 Å². The first-order chi connectivity index (χ1) is 10.8. The summed E-state index contributed by atoms with van der Waals surface area (Å²) >= 11 is 5.71. The lowest BCUT2D eigenvalue weighted by Gasteiger charge is -2.21. The topological polar surface area (TPSA) is 49.3 Å². The molecule has 3 nitrogen and oxygen atoms in total. The fraction of sp³-hybridized carbons (Fsp3) is 0.188. The summed E-state index contributed by atoms with van der Waals surface area (Å²) in [7, 11) is 0. The van der Waals surface area contributed by atoms with Crippen molar-refractivity contribution in [2.45, 2.75) is 19.1 Å². The predicted octanol–water partition coefficient (Wildman–Crippen LogP) is 3.61. The van der Waals surface area contributed by atoms with Crippen LogP contribution in [0.25, 0.3) is 0 Å². The number of nitrogens with one attached hydrogen (secondary N) is 1. The molecular weight excluding hydrogens is 331 g/mol. The van der Waals surface area contributed by atoms with Gasteiger partial charge >= 0.3 is 0 Å². The number of carbonyl (C=O) groups is 1. The molecule has 0 saturated carbocycles. The maximum atomic E-state index is 13.6. The van der Waals surface area contributed by atoms with Gasteiger partial charge in [-0.1, -0.05) is 17.7 Å². The number of halogens is 4. The minimum Gasteiger partial charge on any atom is -0.386 e. The number of carbonyl (C=O) groups excluding carboxylic acids is 1. The van der Waals surface area contributed by atoms with Crippen LogP contribution in [0.5, 0.6) is 0 Å². The number of hydrogen-bond donors (Lipinski definition) is 2. The summed E-state index contributed by atoms with van der Waals surface area (Å²) < 4.78 is 39.7. The van der Waals surface area contributed by atoms with Crippen molar-refractivity contribution in [3.63, 3.8) is 0 Å². The number of aliphatic hydroxyl groups excluding tert-OH is 1. The van der Waals surface area contributed by atoms with Crippen LogP contribution in [-0.2, 0) is 0 Å². The van der Waals surface area contributed by atoms with Gasteiger partial charge in [-0.2, -0.15) is 0 Å². The maximum absolute atomic E-state index is 13.6. The molecule has 7 heteroatoms. The molecule has 122 valence electrons. The van der Waals surface area contributed by atoms with E-state index in [1.807, 2.05) is 0 Å². The summed E-state index contributed by atoms with van der Waals surface area (Å²) in [6.07, 6.45) is -1.30. The molecule has 1 amide bonds. The van der Waals surface area contributed by atoms with E-state index in [0.29, 0.717) is 0 Å². The number of benzene rings is 2. The molecule has 2 atom stereocenters. The Balaban J connectivity index is 2.14. The molecule has 2 unspecified atom stereocenters. The summed E-state index contributed by atoms with van der Waals surface area (Å²) in [6, 6.07) is 5.54. The second-order valence-electron chi connectivity index (χ2n) is 5.00. The summed E-state index contributed by atoms with van der Waals surface area (Å²) in [6.45, 7) is 1.45. The lowest BCUT2D eigenvalue weighted by Crippen LogP contribution is -2.37. The van der Waals surface area contributed by atoms with Crippen LogP contribution in [-0.4, -0.2) is 17.1 Å². The van der Waals surface area contributed by atoms with Crippen molar-refractivity contribution in [3.05, 3.63) is 70.0 Å². The molecule has 0 spiro atoms. The summed E-state index contributed by atoms with van der Waals surface area (Å²) in [5.74, 6) is -3.69. The molecule has 2 rings (SSSR count). The van der Waals surface area contributed by atoms with E-state index in [-0.39, 0.29) is 16.1 Å². The number of amides is 1. The van der Waals surface area contributed by atoms with Crippen LogP contribution in [0.4, 0.5) is 13.2 Å². The molecule has 0 aliphatic heterocycles. The SMILES string of the molecule is CC(NC(=O)c1cc(Cl)ccc1F)C(O)c1ccc(F)c(F)c1. The zero-order valence-corrected chi connectivity index (χ0v) is 12.7. The van der Waals surface area contributed by atoms with Gasteiger partial charge in [0.15, 0.2) is 11.6 Å². The van der Waals surface area contributed by atoms with Gasteiger partial charge in [-0.15, -0.1) is 0 Å². The number of rotatable bonds is 4. The smallest absolute Gasteiger partial charge is 0.254 e. The Morgan fingerprint density at radius 2 is 1.74 bits per heavy atom. The Labute approximate surface area is 135 Å². The van der Waals surface area contributed by atoms with E-state index in [0.717, 1.165) is 24.3 Å². The Morgan fingerprint density at radius 3 is 2.39 bits per heavy atom. The molecule has 0 radical (unpaired) electrons. The molecule has 2 N–H and O–H groups in total. The van der Waals surface area contributed by atoms with Crippen LogP contribution in [0.2, 0.25) is 5.02 Å². The predicted molar refractivity (Wildman–Crippen MR) is 79.7 cm³/mol. The normalized spacial score (nSPS) is 13.5. The van der Waals surface area contributed by atoms with Crippen molar-refractivity contribution in [1.29, 1.82) is 0 Å². The molecule has 0 heterocycles. The minimum absolute atomic E-state index is 0.0864. The van der Waals surface area contributed by atoms with E-state index in [1.54, 1.807) is 0 Å². The first kappa shape index (κ1) is 17.3. The Morgan fingerprint density at radius 1 is 1.09 bits per heavy atom. The highest BCUT2D eigenvalue weighted by Gasteiger charge is 2.22. The van der Waals surface area contributed by atoms with Crippen molar-refractivity contribution in [2.75, 3.05) is 0 Å². The Kier molecular flexibility index (Phi) is 5.28. The molecule has 0 aliphatic carbocycles.